The lowest BCUT2D eigenvalue weighted by Crippen LogP contribution is -2.00. The minimum atomic E-state index is 0.0126. The SMILES string of the molecule is ON=C(Cl)c1ccccc1OCc1ccccc1. The van der Waals surface area contributed by atoms with Gasteiger partial charge < -0.3 is 9.94 Å². The Labute approximate surface area is 110 Å². The summed E-state index contributed by atoms with van der Waals surface area (Å²) in [6, 6.07) is 17.0. The zero-order chi connectivity index (χ0) is 12.8. The Balaban J connectivity index is 2.15. The van der Waals surface area contributed by atoms with Crippen molar-refractivity contribution in [2.75, 3.05) is 0 Å². The van der Waals surface area contributed by atoms with Gasteiger partial charge in [0.2, 0.25) is 0 Å². The molecule has 0 saturated heterocycles. The predicted molar refractivity (Wildman–Crippen MR) is 71.4 cm³/mol. The Morgan fingerprint density at radius 1 is 1.06 bits per heavy atom. The van der Waals surface area contributed by atoms with Gasteiger partial charge in [0.25, 0.3) is 0 Å². The van der Waals surface area contributed by atoms with Crippen molar-refractivity contribution in [3.05, 3.63) is 65.7 Å². The van der Waals surface area contributed by atoms with Crippen molar-refractivity contribution >= 4 is 16.8 Å². The average molecular weight is 262 g/mol. The van der Waals surface area contributed by atoms with E-state index in [1.807, 2.05) is 36.4 Å². The number of hydrogen-bond donors (Lipinski definition) is 1. The summed E-state index contributed by atoms with van der Waals surface area (Å²) in [7, 11) is 0. The number of nitrogens with zero attached hydrogens (tertiary/aromatic N) is 1. The number of rotatable bonds is 4. The molecule has 0 amide bonds. The second kappa shape index (κ2) is 6.07. The molecule has 2 aromatic carbocycles. The van der Waals surface area contributed by atoms with E-state index in [0.717, 1.165) is 5.56 Å². The molecule has 2 rings (SSSR count). The van der Waals surface area contributed by atoms with E-state index >= 15 is 0 Å². The minimum Gasteiger partial charge on any atom is -0.488 e. The van der Waals surface area contributed by atoms with Crippen LogP contribution < -0.4 is 4.74 Å². The molecule has 0 atom stereocenters. The molecular formula is C14H12ClNO2. The Hall–Kier alpha value is -2.00. The molecule has 0 saturated carbocycles. The van der Waals surface area contributed by atoms with E-state index in [-0.39, 0.29) is 5.17 Å². The maximum Gasteiger partial charge on any atom is 0.179 e. The van der Waals surface area contributed by atoms with Gasteiger partial charge in [0.15, 0.2) is 5.17 Å². The molecule has 0 spiro atoms. The monoisotopic (exact) mass is 261 g/mol. The van der Waals surface area contributed by atoms with Gasteiger partial charge in [0.05, 0.1) is 5.56 Å². The summed E-state index contributed by atoms with van der Waals surface area (Å²) in [6.45, 7) is 0.438. The van der Waals surface area contributed by atoms with E-state index in [4.69, 9.17) is 21.5 Å². The summed E-state index contributed by atoms with van der Waals surface area (Å²) in [5.41, 5.74) is 1.63. The van der Waals surface area contributed by atoms with Crippen LogP contribution in [-0.2, 0) is 6.61 Å². The third-order valence-corrected chi connectivity index (χ3v) is 2.71. The number of oxime groups is 1. The quantitative estimate of drug-likeness (QED) is 0.519. The lowest BCUT2D eigenvalue weighted by atomic mass is 10.2. The largest absolute Gasteiger partial charge is 0.488 e. The summed E-state index contributed by atoms with van der Waals surface area (Å²) in [6.07, 6.45) is 0. The van der Waals surface area contributed by atoms with Crippen LogP contribution in [0.2, 0.25) is 0 Å². The number of benzene rings is 2. The lowest BCUT2D eigenvalue weighted by molar-refractivity contribution is 0.304. The first kappa shape index (κ1) is 12.5. The summed E-state index contributed by atoms with van der Waals surface area (Å²) in [5.74, 6) is 0.587. The average Bonchev–Trinajstić information content (AvgIpc) is 2.45. The highest BCUT2D eigenvalue weighted by Crippen LogP contribution is 2.21. The molecule has 0 heterocycles. The fourth-order valence-corrected chi connectivity index (χ4v) is 1.71. The van der Waals surface area contributed by atoms with Gasteiger partial charge in [-0.25, -0.2) is 0 Å². The van der Waals surface area contributed by atoms with Gasteiger partial charge in [0.1, 0.15) is 12.4 Å². The Bertz CT molecular complexity index is 541. The van der Waals surface area contributed by atoms with Crippen LogP contribution in [-0.4, -0.2) is 10.4 Å². The molecule has 1 N–H and O–H groups in total. The molecule has 0 radical (unpaired) electrons. The summed E-state index contributed by atoms with van der Waals surface area (Å²) in [4.78, 5) is 0. The maximum absolute atomic E-state index is 8.70. The van der Waals surface area contributed by atoms with E-state index in [1.165, 1.54) is 0 Å². The topological polar surface area (TPSA) is 41.8 Å². The van der Waals surface area contributed by atoms with Gasteiger partial charge in [-0.05, 0) is 17.7 Å². The van der Waals surface area contributed by atoms with Gasteiger partial charge in [0, 0.05) is 0 Å². The molecule has 0 fully saturated rings. The molecule has 0 aliphatic heterocycles. The molecule has 2 aromatic rings. The fourth-order valence-electron chi connectivity index (χ4n) is 1.55. The molecule has 0 unspecified atom stereocenters. The van der Waals surface area contributed by atoms with Gasteiger partial charge in [-0.1, -0.05) is 59.2 Å². The molecule has 0 aliphatic carbocycles. The number of para-hydroxylation sites is 1. The van der Waals surface area contributed by atoms with Crippen LogP contribution in [0.3, 0.4) is 0 Å². The van der Waals surface area contributed by atoms with Crippen LogP contribution in [0.1, 0.15) is 11.1 Å². The van der Waals surface area contributed by atoms with Gasteiger partial charge >= 0.3 is 0 Å². The molecule has 92 valence electrons. The minimum absolute atomic E-state index is 0.0126. The van der Waals surface area contributed by atoms with Crippen LogP contribution in [0.4, 0.5) is 0 Å². The van der Waals surface area contributed by atoms with Crippen molar-refractivity contribution in [1.29, 1.82) is 0 Å². The van der Waals surface area contributed by atoms with Crippen molar-refractivity contribution in [1.82, 2.24) is 0 Å². The van der Waals surface area contributed by atoms with Crippen molar-refractivity contribution < 1.29 is 9.94 Å². The third-order valence-electron chi connectivity index (χ3n) is 2.43. The predicted octanol–water partition coefficient (Wildman–Crippen LogP) is 3.64. The Kier molecular flexibility index (Phi) is 4.20. The molecule has 0 bridgehead atoms. The first-order valence-corrected chi connectivity index (χ1v) is 5.82. The summed E-state index contributed by atoms with van der Waals surface area (Å²) >= 11 is 5.80. The lowest BCUT2D eigenvalue weighted by Gasteiger charge is -2.09. The third kappa shape index (κ3) is 3.02. The summed E-state index contributed by atoms with van der Waals surface area (Å²) < 4.78 is 5.67. The first-order valence-electron chi connectivity index (χ1n) is 5.45. The van der Waals surface area contributed by atoms with Crippen LogP contribution in [0.5, 0.6) is 5.75 Å². The Morgan fingerprint density at radius 3 is 2.44 bits per heavy atom. The van der Waals surface area contributed by atoms with E-state index in [1.54, 1.807) is 18.2 Å². The zero-order valence-electron chi connectivity index (χ0n) is 9.58. The molecule has 18 heavy (non-hydrogen) atoms. The first-order chi connectivity index (χ1) is 8.81. The maximum atomic E-state index is 8.70. The van der Waals surface area contributed by atoms with Crippen LogP contribution in [0.15, 0.2) is 59.8 Å². The van der Waals surface area contributed by atoms with Crippen LogP contribution >= 0.6 is 11.6 Å². The van der Waals surface area contributed by atoms with E-state index in [2.05, 4.69) is 5.16 Å². The van der Waals surface area contributed by atoms with E-state index < -0.39 is 0 Å². The van der Waals surface area contributed by atoms with Gasteiger partial charge in [-0.3, -0.25) is 0 Å². The second-order valence-corrected chi connectivity index (χ2v) is 4.02. The zero-order valence-corrected chi connectivity index (χ0v) is 10.3. The normalized spacial score (nSPS) is 11.3. The smallest absolute Gasteiger partial charge is 0.179 e. The standard InChI is InChI=1S/C14H12ClNO2/c15-14(16-17)12-8-4-5-9-13(12)18-10-11-6-2-1-3-7-11/h1-9,17H,10H2. The number of ether oxygens (including phenoxy) is 1. The van der Waals surface area contributed by atoms with Crippen LogP contribution in [0, 0.1) is 0 Å². The van der Waals surface area contributed by atoms with Crippen molar-refractivity contribution in [2.24, 2.45) is 5.16 Å². The number of halogens is 1. The molecule has 3 nitrogen and oxygen atoms in total. The molecular weight excluding hydrogens is 250 g/mol. The van der Waals surface area contributed by atoms with Crippen molar-refractivity contribution in [3.8, 4) is 5.75 Å². The van der Waals surface area contributed by atoms with Crippen molar-refractivity contribution in [3.63, 3.8) is 0 Å². The fraction of sp³-hybridized carbons (Fsp3) is 0.0714. The highest BCUT2D eigenvalue weighted by atomic mass is 35.5. The van der Waals surface area contributed by atoms with Crippen LogP contribution in [0.25, 0.3) is 0 Å². The Morgan fingerprint density at radius 2 is 1.72 bits per heavy atom. The van der Waals surface area contributed by atoms with E-state index in [0.29, 0.717) is 17.9 Å². The second-order valence-electron chi connectivity index (χ2n) is 3.66. The highest BCUT2D eigenvalue weighted by Gasteiger charge is 2.08. The summed E-state index contributed by atoms with van der Waals surface area (Å²) in [5, 5.41) is 11.7. The van der Waals surface area contributed by atoms with Gasteiger partial charge in [-0.2, -0.15) is 0 Å². The molecule has 0 aliphatic rings. The van der Waals surface area contributed by atoms with Gasteiger partial charge in [-0.15, -0.1) is 0 Å². The highest BCUT2D eigenvalue weighted by molar-refractivity contribution is 6.69. The molecule has 4 heteroatoms. The molecule has 0 aromatic heterocycles. The van der Waals surface area contributed by atoms with Crippen molar-refractivity contribution in [2.45, 2.75) is 6.61 Å². The van der Waals surface area contributed by atoms with E-state index in [9.17, 15) is 0 Å². The number of hydrogen-bond acceptors (Lipinski definition) is 3.